The number of rotatable bonds is 7. The summed E-state index contributed by atoms with van der Waals surface area (Å²) in [7, 11) is 0. The summed E-state index contributed by atoms with van der Waals surface area (Å²) in [6.45, 7) is 2.78. The summed E-state index contributed by atoms with van der Waals surface area (Å²) in [5.41, 5.74) is 0. The van der Waals surface area contributed by atoms with Gasteiger partial charge in [0.2, 0.25) is 5.91 Å². The van der Waals surface area contributed by atoms with Crippen molar-refractivity contribution in [1.82, 2.24) is 10.6 Å². The van der Waals surface area contributed by atoms with Crippen LogP contribution in [0.15, 0.2) is 0 Å². The third-order valence-corrected chi connectivity index (χ3v) is 4.23. The second kappa shape index (κ2) is 7.62. The number of carbonyl (C=O) groups excluding carboxylic acids is 2. The molecule has 2 fully saturated rings. The number of piperidine rings is 1. The first kappa shape index (κ1) is 15.3. The molecule has 2 rings (SSSR count). The first-order valence-electron chi connectivity index (χ1n) is 7.85. The van der Waals surface area contributed by atoms with E-state index in [4.69, 9.17) is 4.74 Å². The molecule has 0 radical (unpaired) electrons. The standard InChI is InChI=1S/C15H26N2O3/c1-2-20-15(19)4-3-7-16-14(18)10-11-8-12-5-6-13(9-11)17-12/h11-13,17H,2-10H2,1H3,(H,16,18). The number of carbonyl (C=O) groups is 2. The van der Waals surface area contributed by atoms with Gasteiger partial charge in [-0.15, -0.1) is 0 Å². The lowest BCUT2D eigenvalue weighted by Crippen LogP contribution is -2.39. The fraction of sp³-hybridized carbons (Fsp3) is 0.867. The number of nitrogens with one attached hydrogen (secondary N) is 2. The van der Waals surface area contributed by atoms with E-state index in [0.717, 1.165) is 12.8 Å². The van der Waals surface area contributed by atoms with Gasteiger partial charge in [-0.2, -0.15) is 0 Å². The Morgan fingerprint density at radius 1 is 1.25 bits per heavy atom. The van der Waals surface area contributed by atoms with Gasteiger partial charge in [0.25, 0.3) is 0 Å². The van der Waals surface area contributed by atoms with Gasteiger partial charge in [-0.3, -0.25) is 9.59 Å². The van der Waals surface area contributed by atoms with Crippen LogP contribution in [0.5, 0.6) is 0 Å². The van der Waals surface area contributed by atoms with Crippen molar-refractivity contribution in [3.8, 4) is 0 Å². The summed E-state index contributed by atoms with van der Waals surface area (Å²) in [5.74, 6) is 0.468. The molecular formula is C15H26N2O3. The van der Waals surface area contributed by atoms with Gasteiger partial charge in [-0.05, 0) is 44.9 Å². The molecule has 2 aliphatic heterocycles. The normalized spacial score (nSPS) is 28.1. The van der Waals surface area contributed by atoms with E-state index in [0.29, 0.717) is 50.4 Å². The van der Waals surface area contributed by atoms with E-state index in [1.807, 2.05) is 0 Å². The smallest absolute Gasteiger partial charge is 0.305 e. The van der Waals surface area contributed by atoms with Gasteiger partial charge in [0.05, 0.1) is 6.61 Å². The maximum atomic E-state index is 11.9. The Balaban J connectivity index is 1.55. The van der Waals surface area contributed by atoms with E-state index in [2.05, 4.69) is 10.6 Å². The fourth-order valence-corrected chi connectivity index (χ4v) is 3.37. The molecule has 5 heteroatoms. The second-order valence-corrected chi connectivity index (χ2v) is 5.94. The van der Waals surface area contributed by atoms with Gasteiger partial charge in [-0.1, -0.05) is 0 Å². The zero-order valence-electron chi connectivity index (χ0n) is 12.3. The van der Waals surface area contributed by atoms with Crippen molar-refractivity contribution in [3.63, 3.8) is 0 Å². The predicted octanol–water partition coefficient (Wildman–Crippen LogP) is 1.37. The van der Waals surface area contributed by atoms with Crippen molar-refractivity contribution in [2.24, 2.45) is 5.92 Å². The molecule has 0 spiro atoms. The lowest BCUT2D eigenvalue weighted by Gasteiger charge is -2.28. The monoisotopic (exact) mass is 282 g/mol. The minimum atomic E-state index is -0.184. The van der Waals surface area contributed by atoms with Crippen LogP contribution in [0.3, 0.4) is 0 Å². The summed E-state index contributed by atoms with van der Waals surface area (Å²) in [6, 6.07) is 1.27. The zero-order chi connectivity index (χ0) is 14.4. The minimum Gasteiger partial charge on any atom is -0.466 e. The van der Waals surface area contributed by atoms with Crippen LogP contribution < -0.4 is 10.6 Å². The van der Waals surface area contributed by atoms with Crippen molar-refractivity contribution < 1.29 is 14.3 Å². The molecule has 0 aliphatic carbocycles. The molecule has 2 N–H and O–H groups in total. The van der Waals surface area contributed by atoms with Crippen LogP contribution in [-0.2, 0) is 14.3 Å². The summed E-state index contributed by atoms with van der Waals surface area (Å²) in [6.07, 6.45) is 6.46. The number of hydrogen-bond donors (Lipinski definition) is 2. The Labute approximate surface area is 120 Å². The molecule has 2 unspecified atom stereocenters. The van der Waals surface area contributed by atoms with Crippen molar-refractivity contribution in [3.05, 3.63) is 0 Å². The minimum absolute atomic E-state index is 0.125. The Morgan fingerprint density at radius 3 is 2.60 bits per heavy atom. The molecule has 0 aromatic rings. The van der Waals surface area contributed by atoms with Crippen molar-refractivity contribution in [1.29, 1.82) is 0 Å². The summed E-state index contributed by atoms with van der Waals surface area (Å²) in [5, 5.41) is 6.50. The molecule has 2 aliphatic rings. The van der Waals surface area contributed by atoms with Crippen LogP contribution in [-0.4, -0.2) is 37.1 Å². The van der Waals surface area contributed by atoms with Crippen LogP contribution in [0.1, 0.15) is 51.9 Å². The average molecular weight is 282 g/mol. The molecule has 0 saturated carbocycles. The number of hydrogen-bond acceptors (Lipinski definition) is 4. The molecule has 2 bridgehead atoms. The second-order valence-electron chi connectivity index (χ2n) is 5.94. The van der Waals surface area contributed by atoms with E-state index in [9.17, 15) is 9.59 Å². The number of esters is 1. The zero-order valence-corrected chi connectivity index (χ0v) is 12.3. The highest BCUT2D eigenvalue weighted by molar-refractivity contribution is 5.76. The van der Waals surface area contributed by atoms with Gasteiger partial charge in [-0.25, -0.2) is 0 Å². The first-order chi connectivity index (χ1) is 9.67. The van der Waals surface area contributed by atoms with E-state index >= 15 is 0 Å². The molecule has 2 saturated heterocycles. The maximum Gasteiger partial charge on any atom is 0.305 e. The number of ether oxygens (including phenoxy) is 1. The van der Waals surface area contributed by atoms with Crippen LogP contribution >= 0.6 is 0 Å². The van der Waals surface area contributed by atoms with E-state index in [1.54, 1.807) is 6.92 Å². The third-order valence-electron chi connectivity index (χ3n) is 4.23. The van der Waals surface area contributed by atoms with Crippen molar-refractivity contribution >= 4 is 11.9 Å². The number of fused-ring (bicyclic) bond motifs is 2. The highest BCUT2D eigenvalue weighted by atomic mass is 16.5. The predicted molar refractivity (Wildman–Crippen MR) is 76.2 cm³/mol. The van der Waals surface area contributed by atoms with E-state index < -0.39 is 0 Å². The van der Waals surface area contributed by atoms with Crippen LogP contribution in [0.2, 0.25) is 0 Å². The first-order valence-corrected chi connectivity index (χ1v) is 7.85. The highest BCUT2D eigenvalue weighted by Gasteiger charge is 2.33. The third kappa shape index (κ3) is 4.78. The largest absolute Gasteiger partial charge is 0.466 e. The quantitative estimate of drug-likeness (QED) is 0.546. The summed E-state index contributed by atoms with van der Waals surface area (Å²) in [4.78, 5) is 23.0. The highest BCUT2D eigenvalue weighted by Crippen LogP contribution is 2.32. The molecular weight excluding hydrogens is 256 g/mol. The van der Waals surface area contributed by atoms with Gasteiger partial charge >= 0.3 is 5.97 Å². The molecule has 0 aromatic heterocycles. The van der Waals surface area contributed by atoms with Crippen LogP contribution in [0, 0.1) is 5.92 Å². The lowest BCUT2D eigenvalue weighted by atomic mass is 9.89. The Hall–Kier alpha value is -1.10. The molecule has 2 atom stereocenters. The summed E-state index contributed by atoms with van der Waals surface area (Å²) < 4.78 is 4.84. The Morgan fingerprint density at radius 2 is 1.95 bits per heavy atom. The topological polar surface area (TPSA) is 67.4 Å². The molecule has 20 heavy (non-hydrogen) atoms. The van der Waals surface area contributed by atoms with Crippen molar-refractivity contribution in [2.45, 2.75) is 64.0 Å². The van der Waals surface area contributed by atoms with Gasteiger partial charge < -0.3 is 15.4 Å². The lowest BCUT2D eigenvalue weighted by molar-refractivity contribution is -0.143. The molecule has 5 nitrogen and oxygen atoms in total. The van der Waals surface area contributed by atoms with Crippen LogP contribution in [0.4, 0.5) is 0 Å². The fourth-order valence-electron chi connectivity index (χ4n) is 3.37. The maximum absolute atomic E-state index is 11.9. The SMILES string of the molecule is CCOC(=O)CCCNC(=O)CC1CC2CCC(C1)N2. The molecule has 0 aromatic carbocycles. The van der Waals surface area contributed by atoms with E-state index in [-0.39, 0.29) is 11.9 Å². The van der Waals surface area contributed by atoms with Gasteiger partial charge in [0, 0.05) is 31.5 Å². The average Bonchev–Trinajstić information content (AvgIpc) is 2.74. The molecule has 2 heterocycles. The Bertz CT molecular complexity index is 334. The molecule has 114 valence electrons. The van der Waals surface area contributed by atoms with Crippen molar-refractivity contribution in [2.75, 3.05) is 13.2 Å². The molecule has 1 amide bonds. The van der Waals surface area contributed by atoms with Crippen LogP contribution in [0.25, 0.3) is 0 Å². The summed E-state index contributed by atoms with van der Waals surface area (Å²) >= 11 is 0. The van der Waals surface area contributed by atoms with Gasteiger partial charge in [0.1, 0.15) is 0 Å². The van der Waals surface area contributed by atoms with E-state index in [1.165, 1.54) is 12.8 Å². The number of amides is 1. The van der Waals surface area contributed by atoms with Gasteiger partial charge in [0.15, 0.2) is 0 Å². The Kier molecular flexibility index (Phi) is 5.83.